The highest BCUT2D eigenvalue weighted by Crippen LogP contribution is 2.19. The standard InChI is InChI=1S/C14H11N3OS/c15-14-17(16-9-12-7-4-8-18-12)13(10-19-14)11-5-2-1-3-6-11/h1-10,15H/b15-14?,16-9-. The predicted octanol–water partition coefficient (Wildman–Crippen LogP) is 3.17. The summed E-state index contributed by atoms with van der Waals surface area (Å²) in [5.74, 6) is 0.664. The minimum Gasteiger partial charge on any atom is -0.463 e. The Morgan fingerprint density at radius 3 is 2.74 bits per heavy atom. The van der Waals surface area contributed by atoms with Crippen molar-refractivity contribution in [1.29, 1.82) is 5.41 Å². The molecule has 1 aromatic carbocycles. The fourth-order valence-corrected chi connectivity index (χ4v) is 2.42. The Bertz CT molecular complexity index is 739. The minimum atomic E-state index is 0.377. The molecule has 0 radical (unpaired) electrons. The number of rotatable bonds is 3. The Labute approximate surface area is 113 Å². The van der Waals surface area contributed by atoms with Crippen molar-refractivity contribution >= 4 is 17.6 Å². The molecule has 2 heterocycles. The summed E-state index contributed by atoms with van der Waals surface area (Å²) in [5, 5.41) is 14.1. The van der Waals surface area contributed by atoms with Gasteiger partial charge in [-0.25, -0.2) is 4.68 Å². The van der Waals surface area contributed by atoms with Crippen molar-refractivity contribution in [2.24, 2.45) is 5.10 Å². The highest BCUT2D eigenvalue weighted by Gasteiger charge is 2.05. The summed E-state index contributed by atoms with van der Waals surface area (Å²) in [5.41, 5.74) is 1.94. The Morgan fingerprint density at radius 2 is 2.00 bits per heavy atom. The average Bonchev–Trinajstić information content (AvgIpc) is 3.07. The Hall–Kier alpha value is -2.40. The number of nitrogens with zero attached hydrogens (tertiary/aromatic N) is 2. The molecule has 0 saturated heterocycles. The van der Waals surface area contributed by atoms with E-state index in [1.165, 1.54) is 11.3 Å². The molecule has 0 aliphatic rings. The van der Waals surface area contributed by atoms with Crippen molar-refractivity contribution in [3.05, 3.63) is 64.7 Å². The summed E-state index contributed by atoms with van der Waals surface area (Å²) >= 11 is 1.35. The second-order valence-corrected chi connectivity index (χ2v) is 4.72. The molecule has 3 aromatic rings. The van der Waals surface area contributed by atoms with Crippen molar-refractivity contribution < 1.29 is 4.42 Å². The van der Waals surface area contributed by atoms with E-state index in [1.807, 2.05) is 41.8 Å². The van der Waals surface area contributed by atoms with E-state index in [0.29, 0.717) is 10.6 Å². The van der Waals surface area contributed by atoms with E-state index in [2.05, 4.69) is 5.10 Å². The van der Waals surface area contributed by atoms with E-state index in [-0.39, 0.29) is 0 Å². The molecule has 0 fully saturated rings. The molecule has 3 rings (SSSR count). The topological polar surface area (TPSA) is 54.3 Å². The molecule has 2 aromatic heterocycles. The number of aromatic nitrogens is 1. The lowest BCUT2D eigenvalue weighted by molar-refractivity contribution is 0.559. The summed E-state index contributed by atoms with van der Waals surface area (Å²) in [7, 11) is 0. The minimum absolute atomic E-state index is 0.377. The third kappa shape index (κ3) is 2.41. The van der Waals surface area contributed by atoms with Crippen molar-refractivity contribution in [3.8, 4) is 11.3 Å². The van der Waals surface area contributed by atoms with Gasteiger partial charge in [-0.15, -0.1) is 11.3 Å². The highest BCUT2D eigenvalue weighted by molar-refractivity contribution is 7.07. The lowest BCUT2D eigenvalue weighted by Crippen LogP contribution is -2.09. The van der Waals surface area contributed by atoms with Crippen LogP contribution in [-0.4, -0.2) is 10.9 Å². The van der Waals surface area contributed by atoms with Crippen LogP contribution in [0.2, 0.25) is 0 Å². The Morgan fingerprint density at radius 1 is 1.16 bits per heavy atom. The largest absolute Gasteiger partial charge is 0.463 e. The van der Waals surface area contributed by atoms with Crippen molar-refractivity contribution in [1.82, 2.24) is 4.68 Å². The monoisotopic (exact) mass is 269 g/mol. The van der Waals surface area contributed by atoms with E-state index < -0.39 is 0 Å². The molecular formula is C14H11N3OS. The number of hydrogen-bond donors (Lipinski definition) is 1. The summed E-state index contributed by atoms with van der Waals surface area (Å²) in [6.45, 7) is 0. The van der Waals surface area contributed by atoms with E-state index in [9.17, 15) is 0 Å². The van der Waals surface area contributed by atoms with E-state index in [0.717, 1.165) is 11.3 Å². The fraction of sp³-hybridized carbons (Fsp3) is 0. The maximum Gasteiger partial charge on any atom is 0.203 e. The average molecular weight is 269 g/mol. The normalized spacial score (nSPS) is 11.2. The summed E-state index contributed by atoms with van der Waals surface area (Å²) < 4.78 is 6.80. The molecule has 4 nitrogen and oxygen atoms in total. The van der Waals surface area contributed by atoms with Gasteiger partial charge >= 0.3 is 0 Å². The molecule has 0 aliphatic heterocycles. The number of benzene rings is 1. The lowest BCUT2D eigenvalue weighted by atomic mass is 10.2. The van der Waals surface area contributed by atoms with E-state index in [4.69, 9.17) is 9.83 Å². The maximum absolute atomic E-state index is 7.91. The van der Waals surface area contributed by atoms with E-state index in [1.54, 1.807) is 23.2 Å². The van der Waals surface area contributed by atoms with Crippen molar-refractivity contribution in [2.45, 2.75) is 0 Å². The number of nitrogens with one attached hydrogen (secondary N) is 1. The predicted molar refractivity (Wildman–Crippen MR) is 75.3 cm³/mol. The quantitative estimate of drug-likeness (QED) is 0.729. The van der Waals surface area contributed by atoms with Gasteiger partial charge < -0.3 is 4.42 Å². The fourth-order valence-electron chi connectivity index (χ4n) is 1.71. The third-order valence-corrected chi connectivity index (χ3v) is 3.35. The number of thiazole rings is 1. The summed E-state index contributed by atoms with van der Waals surface area (Å²) in [6, 6.07) is 13.5. The molecule has 0 unspecified atom stereocenters. The van der Waals surface area contributed by atoms with Crippen LogP contribution in [0.1, 0.15) is 5.76 Å². The first-order valence-electron chi connectivity index (χ1n) is 5.73. The maximum atomic E-state index is 7.91. The van der Waals surface area contributed by atoms with Gasteiger partial charge in [0.25, 0.3) is 0 Å². The molecular weight excluding hydrogens is 258 g/mol. The van der Waals surface area contributed by atoms with Crippen LogP contribution in [0.4, 0.5) is 0 Å². The van der Waals surface area contributed by atoms with Gasteiger partial charge in [0.2, 0.25) is 4.80 Å². The van der Waals surface area contributed by atoms with Gasteiger partial charge in [0.05, 0.1) is 18.2 Å². The molecule has 0 atom stereocenters. The number of furan rings is 1. The van der Waals surface area contributed by atoms with Gasteiger partial charge in [-0.1, -0.05) is 30.3 Å². The van der Waals surface area contributed by atoms with Gasteiger partial charge in [0, 0.05) is 10.9 Å². The molecule has 0 aliphatic carbocycles. The molecule has 94 valence electrons. The van der Waals surface area contributed by atoms with Crippen LogP contribution in [-0.2, 0) is 0 Å². The van der Waals surface area contributed by atoms with E-state index >= 15 is 0 Å². The van der Waals surface area contributed by atoms with Gasteiger partial charge in [-0.3, -0.25) is 5.41 Å². The van der Waals surface area contributed by atoms with Gasteiger partial charge in [0.15, 0.2) is 0 Å². The van der Waals surface area contributed by atoms with Crippen LogP contribution in [0.15, 0.2) is 63.6 Å². The van der Waals surface area contributed by atoms with Gasteiger partial charge in [0.1, 0.15) is 5.76 Å². The molecule has 0 bridgehead atoms. The second kappa shape index (κ2) is 5.07. The third-order valence-electron chi connectivity index (χ3n) is 2.62. The molecule has 0 amide bonds. The molecule has 19 heavy (non-hydrogen) atoms. The second-order valence-electron chi connectivity index (χ2n) is 3.86. The van der Waals surface area contributed by atoms with Crippen LogP contribution in [0.5, 0.6) is 0 Å². The van der Waals surface area contributed by atoms with Crippen LogP contribution in [0.25, 0.3) is 11.3 Å². The van der Waals surface area contributed by atoms with Crippen molar-refractivity contribution in [2.75, 3.05) is 0 Å². The molecule has 1 N–H and O–H groups in total. The first-order chi connectivity index (χ1) is 9.34. The smallest absolute Gasteiger partial charge is 0.203 e. The van der Waals surface area contributed by atoms with Crippen LogP contribution < -0.4 is 4.80 Å². The van der Waals surface area contributed by atoms with Gasteiger partial charge in [-0.05, 0) is 12.1 Å². The SMILES string of the molecule is N=c1scc(-c2ccccc2)n1/N=C\c1ccco1. The van der Waals surface area contributed by atoms with Crippen molar-refractivity contribution in [3.63, 3.8) is 0 Å². The van der Waals surface area contributed by atoms with Crippen LogP contribution in [0.3, 0.4) is 0 Å². The molecule has 0 spiro atoms. The summed E-state index contributed by atoms with van der Waals surface area (Å²) in [4.78, 5) is 0.377. The van der Waals surface area contributed by atoms with Crippen LogP contribution >= 0.6 is 11.3 Å². The number of hydrogen-bond acceptors (Lipinski definition) is 4. The Kier molecular flexibility index (Phi) is 3.12. The van der Waals surface area contributed by atoms with Gasteiger partial charge in [-0.2, -0.15) is 5.10 Å². The first kappa shape index (κ1) is 11.7. The summed E-state index contributed by atoms with van der Waals surface area (Å²) in [6.07, 6.45) is 3.20. The zero-order chi connectivity index (χ0) is 13.1. The Balaban J connectivity index is 2.02. The zero-order valence-corrected chi connectivity index (χ0v) is 10.8. The zero-order valence-electron chi connectivity index (χ0n) is 9.98. The highest BCUT2D eigenvalue weighted by atomic mass is 32.1. The molecule has 0 saturated carbocycles. The first-order valence-corrected chi connectivity index (χ1v) is 6.61. The van der Waals surface area contributed by atoms with Crippen LogP contribution in [0, 0.1) is 5.41 Å². The molecule has 5 heteroatoms. The lowest BCUT2D eigenvalue weighted by Gasteiger charge is -2.01.